The molecule has 1 saturated heterocycles. The first kappa shape index (κ1) is 74.7. The Hall–Kier alpha value is -1.33. The minimum Gasteiger partial charge on any atom is -0.394 e. The van der Waals surface area contributed by atoms with Crippen LogP contribution in [0.25, 0.3) is 0 Å². The van der Waals surface area contributed by atoms with Gasteiger partial charge in [0.1, 0.15) is 24.4 Å². The predicted octanol–water partition coefficient (Wildman–Crippen LogP) is 18.5. The van der Waals surface area contributed by atoms with Crippen LogP contribution in [0.5, 0.6) is 0 Å². The van der Waals surface area contributed by atoms with Gasteiger partial charge < -0.3 is 40.3 Å². The lowest BCUT2D eigenvalue weighted by Crippen LogP contribution is -2.60. The molecule has 7 unspecified atom stereocenters. The second-order valence-electron chi connectivity index (χ2n) is 24.3. The molecule has 0 spiro atoms. The number of ether oxygens (including phenoxy) is 2. The van der Waals surface area contributed by atoms with Crippen LogP contribution in [0.4, 0.5) is 0 Å². The molecule has 1 aliphatic heterocycles. The number of aliphatic hydroxyl groups excluding tert-OH is 5. The molecule has 1 amide bonds. The van der Waals surface area contributed by atoms with Gasteiger partial charge in [-0.05, 0) is 44.9 Å². The summed E-state index contributed by atoms with van der Waals surface area (Å²) in [5, 5.41) is 54.7. The number of allylic oxidation sites excluding steroid dienone is 3. The number of unbranched alkanes of at least 4 members (excludes halogenated alkanes) is 49. The molecule has 0 aromatic carbocycles. The molecule has 1 rings (SSSR count). The highest BCUT2D eigenvalue weighted by Crippen LogP contribution is 2.23. The first-order valence-corrected chi connectivity index (χ1v) is 34.6. The van der Waals surface area contributed by atoms with Crippen molar-refractivity contribution in [1.29, 1.82) is 0 Å². The van der Waals surface area contributed by atoms with Gasteiger partial charge in [-0.3, -0.25) is 4.79 Å². The van der Waals surface area contributed by atoms with E-state index in [1.165, 1.54) is 295 Å². The molecule has 9 heteroatoms. The Morgan fingerprint density at radius 3 is 1.04 bits per heavy atom. The summed E-state index contributed by atoms with van der Waals surface area (Å²) in [6.07, 6.45) is 69.9. The van der Waals surface area contributed by atoms with Crippen molar-refractivity contribution in [1.82, 2.24) is 5.32 Å². The van der Waals surface area contributed by atoms with Crippen molar-refractivity contribution < 1.29 is 39.8 Å². The number of carbonyl (C=O) groups is 1. The highest BCUT2D eigenvalue weighted by atomic mass is 16.7. The molecule has 78 heavy (non-hydrogen) atoms. The van der Waals surface area contributed by atoms with Crippen LogP contribution in [-0.4, -0.2) is 87.5 Å². The SMILES string of the molecule is CCCCCCCCCCCCCC/C=C\CCCCCCCCCCCCCCCCC(=O)NC(COC1OC(CO)C(O)C(O)C1O)C(O)/C=C/CCCCCCCCCCCCCCCCCCCCCCCCC. The van der Waals surface area contributed by atoms with Gasteiger partial charge in [0.15, 0.2) is 6.29 Å². The van der Waals surface area contributed by atoms with Crippen LogP contribution in [0, 0.1) is 0 Å². The quantitative estimate of drug-likeness (QED) is 0.0261. The number of amides is 1. The Balaban J connectivity index is 2.13. The lowest BCUT2D eigenvalue weighted by molar-refractivity contribution is -0.302. The van der Waals surface area contributed by atoms with E-state index >= 15 is 0 Å². The maximum atomic E-state index is 13.1. The van der Waals surface area contributed by atoms with Crippen LogP contribution in [0.1, 0.15) is 354 Å². The third-order valence-corrected chi connectivity index (χ3v) is 16.8. The van der Waals surface area contributed by atoms with E-state index in [2.05, 4.69) is 31.3 Å². The summed E-state index contributed by atoms with van der Waals surface area (Å²) in [4.78, 5) is 13.1. The first-order valence-electron chi connectivity index (χ1n) is 34.6. The van der Waals surface area contributed by atoms with Crippen molar-refractivity contribution >= 4 is 5.91 Å². The van der Waals surface area contributed by atoms with Crippen molar-refractivity contribution in [3.05, 3.63) is 24.3 Å². The van der Waals surface area contributed by atoms with Gasteiger partial charge in [0.25, 0.3) is 0 Å². The Bertz CT molecular complexity index is 1280. The van der Waals surface area contributed by atoms with Gasteiger partial charge in [-0.25, -0.2) is 0 Å². The van der Waals surface area contributed by atoms with Crippen LogP contribution >= 0.6 is 0 Å². The minimum atomic E-state index is -1.57. The van der Waals surface area contributed by atoms with E-state index in [1.54, 1.807) is 6.08 Å². The van der Waals surface area contributed by atoms with Crippen LogP contribution in [0.2, 0.25) is 0 Å². The number of hydrogen-bond donors (Lipinski definition) is 6. The predicted molar refractivity (Wildman–Crippen MR) is 332 cm³/mol. The third kappa shape index (κ3) is 47.2. The molecule has 462 valence electrons. The fourth-order valence-corrected chi connectivity index (χ4v) is 11.3. The minimum absolute atomic E-state index is 0.170. The van der Waals surface area contributed by atoms with Gasteiger partial charge in [0.05, 0.1) is 25.4 Å². The molecule has 0 aromatic rings. The lowest BCUT2D eigenvalue weighted by Gasteiger charge is -2.40. The highest BCUT2D eigenvalue weighted by molar-refractivity contribution is 5.76. The lowest BCUT2D eigenvalue weighted by atomic mass is 9.99. The van der Waals surface area contributed by atoms with Crippen molar-refractivity contribution in [3.8, 4) is 0 Å². The maximum absolute atomic E-state index is 13.1. The summed E-state index contributed by atoms with van der Waals surface area (Å²) >= 11 is 0. The fraction of sp³-hybridized carbons (Fsp3) is 0.928. The van der Waals surface area contributed by atoms with Gasteiger partial charge >= 0.3 is 0 Å². The Kier molecular flexibility index (Phi) is 56.3. The monoisotopic (exact) mass is 1100 g/mol. The molecular formula is C69H133NO8. The van der Waals surface area contributed by atoms with Crippen molar-refractivity contribution in [3.63, 3.8) is 0 Å². The van der Waals surface area contributed by atoms with E-state index < -0.39 is 49.5 Å². The van der Waals surface area contributed by atoms with E-state index in [9.17, 15) is 30.3 Å². The van der Waals surface area contributed by atoms with Crippen molar-refractivity contribution in [2.24, 2.45) is 0 Å². The second-order valence-corrected chi connectivity index (χ2v) is 24.3. The van der Waals surface area contributed by atoms with Crippen LogP contribution < -0.4 is 5.32 Å². The normalized spacial score (nSPS) is 18.7. The molecule has 0 aromatic heterocycles. The number of aliphatic hydroxyl groups is 5. The van der Waals surface area contributed by atoms with Gasteiger partial charge in [0.2, 0.25) is 5.91 Å². The number of rotatable bonds is 61. The van der Waals surface area contributed by atoms with E-state index in [0.717, 1.165) is 38.5 Å². The average Bonchev–Trinajstić information content (AvgIpc) is 3.45. The van der Waals surface area contributed by atoms with Crippen molar-refractivity contribution in [2.75, 3.05) is 13.2 Å². The van der Waals surface area contributed by atoms with E-state index in [4.69, 9.17) is 9.47 Å². The summed E-state index contributed by atoms with van der Waals surface area (Å²) in [6, 6.07) is -0.804. The largest absolute Gasteiger partial charge is 0.394 e. The number of hydrogen-bond acceptors (Lipinski definition) is 8. The van der Waals surface area contributed by atoms with Crippen molar-refractivity contribution in [2.45, 2.75) is 397 Å². The molecule has 0 saturated carbocycles. The molecule has 0 aliphatic carbocycles. The summed E-state index contributed by atoms with van der Waals surface area (Å²) in [5.74, 6) is -0.170. The Labute approximate surface area is 483 Å². The molecular weight excluding hydrogens is 971 g/mol. The second kappa shape index (κ2) is 58.9. The molecule has 6 N–H and O–H groups in total. The van der Waals surface area contributed by atoms with Gasteiger partial charge in [0, 0.05) is 6.42 Å². The summed E-state index contributed by atoms with van der Waals surface area (Å²) in [6.45, 7) is 3.84. The topological polar surface area (TPSA) is 149 Å². The summed E-state index contributed by atoms with van der Waals surface area (Å²) < 4.78 is 11.3. The smallest absolute Gasteiger partial charge is 0.220 e. The Morgan fingerprint density at radius 1 is 0.423 bits per heavy atom. The Morgan fingerprint density at radius 2 is 0.718 bits per heavy atom. The van der Waals surface area contributed by atoms with Crippen LogP contribution in [0.15, 0.2) is 24.3 Å². The van der Waals surface area contributed by atoms with E-state index in [-0.39, 0.29) is 12.5 Å². The molecule has 1 heterocycles. The molecule has 0 bridgehead atoms. The molecule has 1 fully saturated rings. The number of nitrogens with one attached hydrogen (secondary N) is 1. The van der Waals surface area contributed by atoms with Gasteiger partial charge in [-0.2, -0.15) is 0 Å². The first-order chi connectivity index (χ1) is 38.3. The molecule has 7 atom stereocenters. The summed E-state index contributed by atoms with van der Waals surface area (Å²) in [7, 11) is 0. The fourth-order valence-electron chi connectivity index (χ4n) is 11.3. The van der Waals surface area contributed by atoms with Crippen LogP contribution in [0.3, 0.4) is 0 Å². The van der Waals surface area contributed by atoms with E-state index in [0.29, 0.717) is 6.42 Å². The average molecular weight is 1100 g/mol. The van der Waals surface area contributed by atoms with Gasteiger partial charge in [-0.1, -0.05) is 327 Å². The molecule has 0 radical (unpaired) electrons. The maximum Gasteiger partial charge on any atom is 0.220 e. The zero-order valence-corrected chi connectivity index (χ0v) is 51.7. The van der Waals surface area contributed by atoms with Crippen LogP contribution in [-0.2, 0) is 14.3 Å². The zero-order chi connectivity index (χ0) is 56.5. The van der Waals surface area contributed by atoms with E-state index in [1.807, 2.05) is 6.08 Å². The summed E-state index contributed by atoms with van der Waals surface area (Å²) in [5.41, 5.74) is 0. The molecule has 1 aliphatic rings. The standard InChI is InChI=1S/C69H133NO8/c1-3-5-7-9-11-13-15-17-19-21-23-25-27-29-30-31-32-33-35-37-39-41-43-45-47-49-51-53-55-57-59-65(73)70-62(61-77-69-68(76)67(75)66(74)64(60-71)78-69)63(72)58-56-54-52-50-48-46-44-42-40-38-36-34-28-26-24-22-20-18-16-14-12-10-8-6-4-2/h29-30,56,58,62-64,66-69,71-72,74-76H,3-28,31-55,57,59-61H2,1-2H3,(H,70,73)/b30-29-,58-56+. The highest BCUT2D eigenvalue weighted by Gasteiger charge is 2.44. The number of carbonyl (C=O) groups excluding carboxylic acids is 1. The molecule has 9 nitrogen and oxygen atoms in total. The zero-order valence-electron chi connectivity index (χ0n) is 51.7. The van der Waals surface area contributed by atoms with Gasteiger partial charge in [-0.15, -0.1) is 0 Å². The third-order valence-electron chi connectivity index (χ3n) is 16.8.